The Hall–Kier alpha value is -1.41. The van der Waals surface area contributed by atoms with E-state index in [2.05, 4.69) is 4.98 Å². The summed E-state index contributed by atoms with van der Waals surface area (Å²) < 4.78 is 25.2. The number of halogens is 3. The van der Waals surface area contributed by atoms with E-state index < -0.39 is 6.43 Å². The number of aromatic nitrogens is 1. The van der Waals surface area contributed by atoms with Crippen LogP contribution in [0.4, 0.5) is 14.5 Å². The summed E-state index contributed by atoms with van der Waals surface area (Å²) in [6.07, 6.45) is -2.93. The van der Waals surface area contributed by atoms with Crippen LogP contribution in [0.3, 0.4) is 0 Å². The first kappa shape index (κ1) is 11.7. The molecule has 0 saturated heterocycles. The van der Waals surface area contributed by atoms with E-state index in [-0.39, 0.29) is 29.2 Å². The summed E-state index contributed by atoms with van der Waals surface area (Å²) in [6, 6.07) is 3.06. The van der Waals surface area contributed by atoms with Crippen molar-refractivity contribution in [3.63, 3.8) is 0 Å². The van der Waals surface area contributed by atoms with Crippen LogP contribution in [0, 0.1) is 11.3 Å². The SMILES string of the molecule is N#CCc1nc(CCl)cc(N)c1C(F)F. The zero-order valence-electron chi connectivity index (χ0n) is 7.67. The molecule has 0 fully saturated rings. The molecule has 1 rings (SSSR count). The van der Waals surface area contributed by atoms with Crippen molar-refractivity contribution in [1.29, 1.82) is 5.26 Å². The van der Waals surface area contributed by atoms with Crippen molar-refractivity contribution in [1.82, 2.24) is 4.98 Å². The van der Waals surface area contributed by atoms with E-state index in [4.69, 9.17) is 22.6 Å². The van der Waals surface area contributed by atoms with Crippen LogP contribution in [0.25, 0.3) is 0 Å². The fourth-order valence-corrected chi connectivity index (χ4v) is 1.36. The molecule has 0 unspecified atom stereocenters. The van der Waals surface area contributed by atoms with Crippen molar-refractivity contribution in [3.8, 4) is 6.07 Å². The summed E-state index contributed by atoms with van der Waals surface area (Å²) in [7, 11) is 0. The molecule has 80 valence electrons. The van der Waals surface area contributed by atoms with Gasteiger partial charge in [-0.15, -0.1) is 11.6 Å². The maximum atomic E-state index is 12.6. The number of anilines is 1. The number of nitrogens with zero attached hydrogens (tertiary/aromatic N) is 2. The summed E-state index contributed by atoms with van der Waals surface area (Å²) in [6.45, 7) is 0. The van der Waals surface area contributed by atoms with E-state index in [1.807, 2.05) is 0 Å². The second-order valence-electron chi connectivity index (χ2n) is 2.83. The van der Waals surface area contributed by atoms with Crippen LogP contribution in [-0.4, -0.2) is 4.98 Å². The zero-order valence-corrected chi connectivity index (χ0v) is 8.43. The van der Waals surface area contributed by atoms with E-state index in [9.17, 15) is 8.78 Å². The molecule has 0 aliphatic heterocycles. The molecule has 1 heterocycles. The zero-order chi connectivity index (χ0) is 11.4. The molecule has 3 nitrogen and oxygen atoms in total. The van der Waals surface area contributed by atoms with Gasteiger partial charge in [0, 0.05) is 5.69 Å². The smallest absolute Gasteiger partial charge is 0.267 e. The van der Waals surface area contributed by atoms with E-state index in [0.717, 1.165) is 0 Å². The Labute approximate surface area is 90.5 Å². The van der Waals surface area contributed by atoms with Crippen LogP contribution in [0.2, 0.25) is 0 Å². The van der Waals surface area contributed by atoms with Crippen LogP contribution >= 0.6 is 11.6 Å². The fraction of sp³-hybridized carbons (Fsp3) is 0.333. The van der Waals surface area contributed by atoms with Gasteiger partial charge in [-0.05, 0) is 6.07 Å². The number of alkyl halides is 3. The molecule has 0 atom stereocenters. The second-order valence-corrected chi connectivity index (χ2v) is 3.10. The lowest BCUT2D eigenvalue weighted by Crippen LogP contribution is -2.05. The predicted molar refractivity (Wildman–Crippen MR) is 52.5 cm³/mol. The monoisotopic (exact) mass is 231 g/mol. The molecular weight excluding hydrogens is 224 g/mol. The Balaban J connectivity index is 3.30. The molecule has 0 amide bonds. The van der Waals surface area contributed by atoms with Crippen molar-refractivity contribution in [2.24, 2.45) is 0 Å². The third-order valence-corrected chi connectivity index (χ3v) is 2.10. The largest absolute Gasteiger partial charge is 0.398 e. The average Bonchev–Trinajstić information content (AvgIpc) is 2.16. The first-order valence-electron chi connectivity index (χ1n) is 4.09. The van der Waals surface area contributed by atoms with E-state index in [1.165, 1.54) is 6.07 Å². The molecule has 15 heavy (non-hydrogen) atoms. The summed E-state index contributed by atoms with van der Waals surface area (Å²) >= 11 is 5.51. The number of hydrogen-bond acceptors (Lipinski definition) is 3. The number of nitrogens with two attached hydrogens (primary N) is 1. The summed E-state index contributed by atoms with van der Waals surface area (Å²) in [5.74, 6) is 0.0755. The number of nitriles is 1. The lowest BCUT2D eigenvalue weighted by atomic mass is 10.1. The van der Waals surface area contributed by atoms with Gasteiger partial charge in [-0.3, -0.25) is 4.98 Å². The molecule has 6 heteroatoms. The van der Waals surface area contributed by atoms with Crippen molar-refractivity contribution in [2.45, 2.75) is 18.7 Å². The molecule has 0 radical (unpaired) electrons. The van der Waals surface area contributed by atoms with Crippen molar-refractivity contribution in [3.05, 3.63) is 23.0 Å². The summed E-state index contributed by atoms with van der Waals surface area (Å²) in [4.78, 5) is 3.85. The highest BCUT2D eigenvalue weighted by Crippen LogP contribution is 2.28. The van der Waals surface area contributed by atoms with Crippen molar-refractivity contribution >= 4 is 17.3 Å². The Morgan fingerprint density at radius 1 is 1.60 bits per heavy atom. The highest BCUT2D eigenvalue weighted by atomic mass is 35.5. The highest BCUT2D eigenvalue weighted by Gasteiger charge is 2.18. The van der Waals surface area contributed by atoms with Gasteiger partial charge in [0.2, 0.25) is 0 Å². The van der Waals surface area contributed by atoms with Gasteiger partial charge in [-0.25, -0.2) is 8.78 Å². The lowest BCUT2D eigenvalue weighted by molar-refractivity contribution is 0.150. The molecule has 0 aliphatic rings. The normalized spacial score (nSPS) is 10.3. The van der Waals surface area contributed by atoms with Crippen molar-refractivity contribution in [2.75, 3.05) is 5.73 Å². The Morgan fingerprint density at radius 3 is 2.73 bits per heavy atom. The Bertz CT molecular complexity index is 401. The van der Waals surface area contributed by atoms with Crippen molar-refractivity contribution < 1.29 is 8.78 Å². The minimum absolute atomic E-state index is 0.00292. The molecule has 0 saturated carbocycles. The number of hydrogen-bond donors (Lipinski definition) is 1. The van der Waals surface area contributed by atoms with Crippen LogP contribution in [0.15, 0.2) is 6.07 Å². The standard InChI is InChI=1S/C9H8ClF2N3/c10-4-5-3-6(14)8(9(11)12)7(15-5)1-2-13/h3,9H,1,4H2,(H2,14,15). The first-order valence-corrected chi connectivity index (χ1v) is 4.62. The van der Waals surface area contributed by atoms with E-state index in [0.29, 0.717) is 5.69 Å². The number of rotatable bonds is 3. The topological polar surface area (TPSA) is 62.7 Å². The average molecular weight is 232 g/mol. The van der Waals surface area contributed by atoms with Gasteiger partial charge in [0.25, 0.3) is 6.43 Å². The van der Waals surface area contributed by atoms with Gasteiger partial charge in [0.1, 0.15) is 0 Å². The van der Waals surface area contributed by atoms with Crippen LogP contribution in [0.5, 0.6) is 0 Å². The third kappa shape index (κ3) is 2.54. The van der Waals surface area contributed by atoms with Gasteiger partial charge in [0.05, 0.1) is 35.3 Å². The highest BCUT2D eigenvalue weighted by molar-refractivity contribution is 6.16. The molecule has 1 aromatic heterocycles. The van der Waals surface area contributed by atoms with Gasteiger partial charge >= 0.3 is 0 Å². The molecule has 0 aromatic carbocycles. The number of pyridine rings is 1. The molecule has 0 aliphatic carbocycles. The van der Waals surface area contributed by atoms with Crippen LogP contribution in [0.1, 0.15) is 23.4 Å². The number of nitrogen functional groups attached to an aromatic ring is 1. The second kappa shape index (κ2) is 4.89. The summed E-state index contributed by atoms with van der Waals surface area (Å²) in [5, 5.41) is 8.47. The van der Waals surface area contributed by atoms with Crippen LogP contribution in [-0.2, 0) is 12.3 Å². The summed E-state index contributed by atoms with van der Waals surface area (Å²) in [5.41, 5.74) is 5.40. The third-order valence-electron chi connectivity index (χ3n) is 1.82. The molecule has 0 spiro atoms. The van der Waals surface area contributed by atoms with Gasteiger partial charge < -0.3 is 5.73 Å². The lowest BCUT2D eigenvalue weighted by Gasteiger charge is -2.10. The minimum atomic E-state index is -2.73. The molecular formula is C9H8ClF2N3. The predicted octanol–water partition coefficient (Wildman–Crippen LogP) is 2.41. The van der Waals surface area contributed by atoms with Gasteiger partial charge in [-0.2, -0.15) is 5.26 Å². The first-order chi connectivity index (χ1) is 7.10. The quantitative estimate of drug-likeness (QED) is 0.813. The minimum Gasteiger partial charge on any atom is -0.398 e. The maximum Gasteiger partial charge on any atom is 0.267 e. The molecule has 0 bridgehead atoms. The van der Waals surface area contributed by atoms with Gasteiger partial charge in [-0.1, -0.05) is 0 Å². The van der Waals surface area contributed by atoms with Gasteiger partial charge in [0.15, 0.2) is 0 Å². The fourth-order valence-electron chi connectivity index (χ4n) is 1.22. The molecule has 2 N–H and O–H groups in total. The Morgan fingerprint density at radius 2 is 2.27 bits per heavy atom. The van der Waals surface area contributed by atoms with Crippen LogP contribution < -0.4 is 5.73 Å². The van der Waals surface area contributed by atoms with E-state index in [1.54, 1.807) is 6.07 Å². The Kier molecular flexibility index (Phi) is 3.81. The maximum absolute atomic E-state index is 12.6. The molecule has 1 aromatic rings. The van der Waals surface area contributed by atoms with E-state index >= 15 is 0 Å².